The highest BCUT2D eigenvalue weighted by Crippen LogP contribution is 2.22. The number of carbonyl (C=O) groups excluding carboxylic acids is 1. The Morgan fingerprint density at radius 1 is 1.71 bits per heavy atom. The topological polar surface area (TPSA) is 69.6 Å². The van der Waals surface area contributed by atoms with Crippen molar-refractivity contribution in [2.24, 2.45) is 0 Å². The van der Waals surface area contributed by atoms with E-state index in [1.54, 1.807) is 16.2 Å². The molecule has 1 amide bonds. The van der Waals surface area contributed by atoms with Gasteiger partial charge in [0.2, 0.25) is 5.91 Å². The second-order valence-corrected chi connectivity index (χ2v) is 6.11. The number of rotatable bonds is 3. The zero-order valence-electron chi connectivity index (χ0n) is 8.85. The molecule has 1 aliphatic heterocycles. The van der Waals surface area contributed by atoms with Crippen LogP contribution in [0.2, 0.25) is 0 Å². The molecule has 1 aliphatic rings. The van der Waals surface area contributed by atoms with Gasteiger partial charge in [0.25, 0.3) is 0 Å². The molecule has 0 saturated carbocycles. The molecule has 1 aromatic heterocycles. The van der Waals surface area contributed by atoms with Crippen LogP contribution in [0.3, 0.4) is 0 Å². The summed E-state index contributed by atoms with van der Waals surface area (Å²) in [6, 6.07) is 1.29. The highest BCUT2D eigenvalue weighted by atomic mass is 79.9. The monoisotopic (exact) mass is 318 g/mol. The average molecular weight is 319 g/mol. The summed E-state index contributed by atoms with van der Waals surface area (Å²) >= 11 is 4.90. The van der Waals surface area contributed by atoms with Crippen LogP contribution in [0, 0.1) is 0 Å². The number of nitrogens with one attached hydrogen (secondary N) is 1. The number of carbonyl (C=O) groups is 2. The van der Waals surface area contributed by atoms with Crippen molar-refractivity contribution >= 4 is 39.1 Å². The van der Waals surface area contributed by atoms with Crippen LogP contribution in [0.25, 0.3) is 0 Å². The molecule has 1 unspecified atom stereocenters. The van der Waals surface area contributed by atoms with Crippen LogP contribution in [-0.2, 0) is 16.1 Å². The predicted octanol–water partition coefficient (Wildman–Crippen LogP) is 0.896. The van der Waals surface area contributed by atoms with Gasteiger partial charge < -0.3 is 10.4 Å². The summed E-state index contributed by atoms with van der Waals surface area (Å²) in [6.07, 6.45) is 0. The van der Waals surface area contributed by atoms with Gasteiger partial charge in [0.05, 0.1) is 10.3 Å². The minimum Gasteiger partial charge on any atom is -0.480 e. The molecule has 2 N–H and O–H groups in total. The van der Waals surface area contributed by atoms with Crippen molar-refractivity contribution in [1.29, 1.82) is 0 Å². The Morgan fingerprint density at radius 2 is 2.47 bits per heavy atom. The van der Waals surface area contributed by atoms with Gasteiger partial charge in [-0.15, -0.1) is 11.3 Å². The largest absolute Gasteiger partial charge is 0.480 e. The molecule has 0 bridgehead atoms. The van der Waals surface area contributed by atoms with Gasteiger partial charge in [0.1, 0.15) is 6.04 Å². The summed E-state index contributed by atoms with van der Waals surface area (Å²) in [5.74, 6) is -1.03. The molecule has 1 saturated heterocycles. The number of carboxylic acid groups (broad SMARTS) is 1. The average Bonchev–Trinajstić information content (AvgIpc) is 2.63. The van der Waals surface area contributed by atoms with Crippen molar-refractivity contribution in [2.75, 3.05) is 13.1 Å². The van der Waals surface area contributed by atoms with Gasteiger partial charge in [0, 0.05) is 13.1 Å². The number of hydrogen-bond acceptors (Lipinski definition) is 4. The molecule has 0 radical (unpaired) electrons. The first kappa shape index (κ1) is 12.5. The van der Waals surface area contributed by atoms with Crippen LogP contribution in [0.4, 0.5) is 0 Å². The number of aliphatic carboxylic acids is 1. The summed E-state index contributed by atoms with van der Waals surface area (Å²) < 4.78 is 1.00. The summed E-state index contributed by atoms with van der Waals surface area (Å²) in [7, 11) is 0. The van der Waals surface area contributed by atoms with Crippen LogP contribution >= 0.6 is 27.3 Å². The van der Waals surface area contributed by atoms with Crippen molar-refractivity contribution in [2.45, 2.75) is 12.6 Å². The zero-order valence-corrected chi connectivity index (χ0v) is 11.3. The molecule has 0 aliphatic carbocycles. The second-order valence-electron chi connectivity index (χ2n) is 3.82. The molecule has 0 spiro atoms. The third-order valence-corrected chi connectivity index (χ3v) is 4.13. The van der Waals surface area contributed by atoms with Crippen molar-refractivity contribution in [3.63, 3.8) is 0 Å². The quantitative estimate of drug-likeness (QED) is 0.868. The van der Waals surface area contributed by atoms with E-state index in [9.17, 15) is 9.59 Å². The lowest BCUT2D eigenvalue weighted by molar-refractivity contribution is -0.146. The maximum atomic E-state index is 11.3. The minimum atomic E-state index is -0.903. The second kappa shape index (κ2) is 5.16. The fourth-order valence-electron chi connectivity index (χ4n) is 1.76. The Bertz CT molecular complexity index is 449. The van der Waals surface area contributed by atoms with Crippen molar-refractivity contribution < 1.29 is 14.7 Å². The fourth-order valence-corrected chi connectivity index (χ4v) is 2.96. The maximum absolute atomic E-state index is 11.3. The van der Waals surface area contributed by atoms with Crippen LogP contribution in [-0.4, -0.2) is 41.0 Å². The van der Waals surface area contributed by atoms with Crippen molar-refractivity contribution in [3.05, 3.63) is 20.8 Å². The predicted molar refractivity (Wildman–Crippen MR) is 66.9 cm³/mol. The molecule has 7 heteroatoms. The van der Waals surface area contributed by atoms with E-state index < -0.39 is 12.0 Å². The Balaban J connectivity index is 2.09. The molecule has 1 fully saturated rings. The molecule has 0 aromatic carbocycles. The maximum Gasteiger partial charge on any atom is 0.322 e. The van der Waals surface area contributed by atoms with Gasteiger partial charge in [0.15, 0.2) is 0 Å². The minimum absolute atomic E-state index is 0.128. The number of halogens is 1. The lowest BCUT2D eigenvalue weighted by Gasteiger charge is -2.32. The third-order valence-electron chi connectivity index (χ3n) is 2.57. The molecule has 17 heavy (non-hydrogen) atoms. The van der Waals surface area contributed by atoms with Crippen LogP contribution in [0.15, 0.2) is 15.2 Å². The van der Waals surface area contributed by atoms with E-state index in [1.165, 1.54) is 0 Å². The number of hydrogen-bond donors (Lipinski definition) is 2. The number of thiophene rings is 1. The van der Waals surface area contributed by atoms with E-state index in [0.717, 1.165) is 9.35 Å². The van der Waals surface area contributed by atoms with E-state index in [-0.39, 0.29) is 19.0 Å². The zero-order chi connectivity index (χ0) is 12.4. The molecular weight excluding hydrogens is 308 g/mol. The molecular formula is C10H11BrN2O3S. The first-order chi connectivity index (χ1) is 8.06. The van der Waals surface area contributed by atoms with Gasteiger partial charge in [-0.1, -0.05) is 0 Å². The Labute approximate surface area is 111 Å². The fraction of sp³-hybridized carbons (Fsp3) is 0.400. The van der Waals surface area contributed by atoms with Gasteiger partial charge in [-0.25, -0.2) is 0 Å². The Morgan fingerprint density at radius 3 is 3.06 bits per heavy atom. The van der Waals surface area contributed by atoms with E-state index in [0.29, 0.717) is 6.54 Å². The van der Waals surface area contributed by atoms with E-state index in [2.05, 4.69) is 21.2 Å². The standard InChI is InChI=1S/C10H11BrN2O3S/c11-8-1-6(5-17-8)3-13-4-9(14)12-2-7(13)10(15)16/h1,5,7H,2-4H2,(H,12,14)(H,15,16). The highest BCUT2D eigenvalue weighted by molar-refractivity contribution is 9.11. The number of amides is 1. The Hall–Kier alpha value is -0.920. The smallest absolute Gasteiger partial charge is 0.322 e. The number of piperazine rings is 1. The molecule has 2 rings (SSSR count). The molecule has 1 atom stereocenters. The summed E-state index contributed by atoms with van der Waals surface area (Å²) in [6.45, 7) is 0.774. The van der Waals surface area contributed by atoms with Gasteiger partial charge in [-0.05, 0) is 32.9 Å². The van der Waals surface area contributed by atoms with E-state index >= 15 is 0 Å². The van der Waals surface area contributed by atoms with Gasteiger partial charge in [-0.3, -0.25) is 14.5 Å². The van der Waals surface area contributed by atoms with Crippen LogP contribution < -0.4 is 5.32 Å². The first-order valence-corrected chi connectivity index (χ1v) is 6.70. The molecule has 92 valence electrons. The summed E-state index contributed by atoms with van der Waals surface area (Å²) in [5, 5.41) is 13.6. The third kappa shape index (κ3) is 3.05. The van der Waals surface area contributed by atoms with Gasteiger partial charge in [-0.2, -0.15) is 0 Å². The van der Waals surface area contributed by atoms with E-state index in [1.807, 2.05) is 11.4 Å². The normalized spacial score (nSPS) is 21.2. The van der Waals surface area contributed by atoms with Crippen LogP contribution in [0.5, 0.6) is 0 Å². The van der Waals surface area contributed by atoms with Crippen molar-refractivity contribution in [3.8, 4) is 0 Å². The van der Waals surface area contributed by atoms with Crippen LogP contribution in [0.1, 0.15) is 5.56 Å². The summed E-state index contributed by atoms with van der Waals surface area (Å²) in [4.78, 5) is 24.0. The van der Waals surface area contributed by atoms with Crippen molar-refractivity contribution in [1.82, 2.24) is 10.2 Å². The molecule has 1 aromatic rings. The SMILES string of the molecule is O=C1CN(Cc2csc(Br)c2)C(C(=O)O)CN1. The van der Waals surface area contributed by atoms with Gasteiger partial charge >= 0.3 is 5.97 Å². The molecule has 2 heterocycles. The first-order valence-electron chi connectivity index (χ1n) is 5.02. The lowest BCUT2D eigenvalue weighted by Crippen LogP contribution is -2.56. The Kier molecular flexibility index (Phi) is 3.80. The molecule has 5 nitrogen and oxygen atoms in total. The summed E-state index contributed by atoms with van der Waals surface area (Å²) in [5.41, 5.74) is 1.02. The van der Waals surface area contributed by atoms with E-state index in [4.69, 9.17) is 5.11 Å². The highest BCUT2D eigenvalue weighted by Gasteiger charge is 2.31. The number of carboxylic acids is 1. The number of nitrogens with zero attached hydrogens (tertiary/aromatic N) is 1. The lowest BCUT2D eigenvalue weighted by atomic mass is 10.1.